The third-order valence-electron chi connectivity index (χ3n) is 2.91. The molecule has 0 radical (unpaired) electrons. The molecule has 1 N–H and O–H groups in total. The van der Waals surface area contributed by atoms with Crippen molar-refractivity contribution in [1.29, 1.82) is 0 Å². The first-order valence-electron chi connectivity index (χ1n) is 4.42. The van der Waals surface area contributed by atoms with Crippen LogP contribution in [0.25, 0.3) is 0 Å². The first-order valence-corrected chi connectivity index (χ1v) is 4.42. The van der Waals surface area contributed by atoms with Crippen molar-refractivity contribution in [3.05, 3.63) is 0 Å². The average molecular weight is 167 g/mol. The van der Waals surface area contributed by atoms with Crippen molar-refractivity contribution in [3.63, 3.8) is 0 Å². The normalized spacial score (nSPS) is 28.4. The van der Waals surface area contributed by atoms with E-state index in [1.807, 2.05) is 0 Å². The number of hydrogen-bond donors (Lipinski definition) is 1. The fourth-order valence-corrected chi connectivity index (χ4v) is 2.69. The van der Waals surface area contributed by atoms with Crippen molar-refractivity contribution in [2.75, 3.05) is 0 Å². The summed E-state index contributed by atoms with van der Waals surface area (Å²) < 4.78 is 0. The molecule has 2 rings (SSSR count). The fourth-order valence-electron chi connectivity index (χ4n) is 2.69. The molecule has 1 aliphatic carbocycles. The van der Waals surface area contributed by atoms with Crippen LogP contribution in [0, 0.1) is 11.3 Å². The fraction of sp³-hybridized carbons (Fsp3) is 0.778. The van der Waals surface area contributed by atoms with Gasteiger partial charge in [0.25, 0.3) is 0 Å². The predicted molar refractivity (Wildman–Crippen MR) is 43.2 cm³/mol. The van der Waals surface area contributed by atoms with Gasteiger partial charge in [-0.2, -0.15) is 0 Å². The van der Waals surface area contributed by atoms with Gasteiger partial charge in [0.2, 0.25) is 11.8 Å². The summed E-state index contributed by atoms with van der Waals surface area (Å²) >= 11 is 0. The van der Waals surface area contributed by atoms with Crippen molar-refractivity contribution < 1.29 is 9.59 Å². The van der Waals surface area contributed by atoms with Crippen LogP contribution in [0.4, 0.5) is 0 Å². The van der Waals surface area contributed by atoms with Crippen LogP contribution in [-0.4, -0.2) is 11.8 Å². The summed E-state index contributed by atoms with van der Waals surface area (Å²) in [6.07, 6.45) is 3.21. The van der Waals surface area contributed by atoms with Crippen LogP contribution in [0.15, 0.2) is 0 Å². The maximum atomic E-state index is 11.1. The van der Waals surface area contributed by atoms with Gasteiger partial charge in [0, 0.05) is 12.8 Å². The minimum absolute atomic E-state index is 0.0544. The third-order valence-corrected chi connectivity index (χ3v) is 2.91. The van der Waals surface area contributed by atoms with E-state index in [1.165, 1.54) is 0 Å². The number of piperidine rings is 1. The Labute approximate surface area is 71.5 Å². The number of amides is 2. The van der Waals surface area contributed by atoms with Gasteiger partial charge in [-0.25, -0.2) is 0 Å². The maximum absolute atomic E-state index is 11.1. The van der Waals surface area contributed by atoms with E-state index in [4.69, 9.17) is 0 Å². The molecule has 0 aromatic heterocycles. The van der Waals surface area contributed by atoms with Gasteiger partial charge in [0.05, 0.1) is 0 Å². The molecule has 3 heteroatoms. The standard InChI is InChI=1S/C9H13NO2/c1-6-2-9(3-6)4-7(11)10-8(12)5-9/h6H,2-5H2,1H3,(H,10,11,12). The molecule has 66 valence electrons. The van der Waals surface area contributed by atoms with Crippen LogP contribution < -0.4 is 5.32 Å². The van der Waals surface area contributed by atoms with Gasteiger partial charge in [-0.3, -0.25) is 14.9 Å². The second-order valence-corrected chi connectivity index (χ2v) is 4.34. The van der Waals surface area contributed by atoms with Gasteiger partial charge in [0.1, 0.15) is 0 Å². The minimum Gasteiger partial charge on any atom is -0.296 e. The second kappa shape index (κ2) is 2.31. The van der Waals surface area contributed by atoms with Gasteiger partial charge < -0.3 is 0 Å². The van der Waals surface area contributed by atoms with E-state index in [0.717, 1.165) is 12.8 Å². The Balaban J connectivity index is 2.08. The number of carbonyl (C=O) groups excluding carboxylic acids is 2. The van der Waals surface area contributed by atoms with Crippen LogP contribution in [0.2, 0.25) is 0 Å². The van der Waals surface area contributed by atoms with Crippen LogP contribution >= 0.6 is 0 Å². The molecular formula is C9H13NO2. The zero-order chi connectivity index (χ0) is 8.77. The second-order valence-electron chi connectivity index (χ2n) is 4.34. The van der Waals surface area contributed by atoms with E-state index in [1.54, 1.807) is 0 Å². The largest absolute Gasteiger partial charge is 0.296 e. The number of rotatable bonds is 0. The molecule has 0 bridgehead atoms. The summed E-state index contributed by atoms with van der Waals surface area (Å²) in [6.45, 7) is 2.17. The summed E-state index contributed by atoms with van der Waals surface area (Å²) in [5, 5.41) is 2.34. The van der Waals surface area contributed by atoms with Crippen molar-refractivity contribution in [3.8, 4) is 0 Å². The summed E-state index contributed by atoms with van der Waals surface area (Å²) in [5.41, 5.74) is 0.0544. The summed E-state index contributed by atoms with van der Waals surface area (Å²) in [5.74, 6) is 0.528. The molecule has 1 spiro atoms. The molecule has 1 saturated carbocycles. The van der Waals surface area contributed by atoms with E-state index < -0.39 is 0 Å². The molecule has 1 saturated heterocycles. The molecule has 2 fully saturated rings. The Hall–Kier alpha value is -0.860. The van der Waals surface area contributed by atoms with E-state index >= 15 is 0 Å². The molecule has 2 amide bonds. The highest BCUT2D eigenvalue weighted by molar-refractivity contribution is 5.98. The molecule has 3 nitrogen and oxygen atoms in total. The maximum Gasteiger partial charge on any atom is 0.227 e. The molecule has 0 unspecified atom stereocenters. The Morgan fingerprint density at radius 1 is 1.25 bits per heavy atom. The lowest BCUT2D eigenvalue weighted by molar-refractivity contribution is -0.142. The molecule has 1 aliphatic heterocycles. The highest BCUT2D eigenvalue weighted by Gasteiger charge is 2.47. The average Bonchev–Trinajstić information content (AvgIpc) is 1.80. The van der Waals surface area contributed by atoms with E-state index in [0.29, 0.717) is 18.8 Å². The number of carbonyl (C=O) groups is 2. The highest BCUT2D eigenvalue weighted by atomic mass is 16.2. The number of hydrogen-bond acceptors (Lipinski definition) is 2. The van der Waals surface area contributed by atoms with Crippen molar-refractivity contribution in [2.24, 2.45) is 11.3 Å². The van der Waals surface area contributed by atoms with Crippen molar-refractivity contribution >= 4 is 11.8 Å². The smallest absolute Gasteiger partial charge is 0.227 e. The van der Waals surface area contributed by atoms with Crippen LogP contribution in [0.1, 0.15) is 32.6 Å². The Morgan fingerprint density at radius 3 is 2.17 bits per heavy atom. The van der Waals surface area contributed by atoms with Gasteiger partial charge in [-0.1, -0.05) is 6.92 Å². The zero-order valence-electron chi connectivity index (χ0n) is 7.22. The van der Waals surface area contributed by atoms with Crippen LogP contribution in [0.3, 0.4) is 0 Å². The molecule has 2 aliphatic rings. The molecule has 12 heavy (non-hydrogen) atoms. The third kappa shape index (κ3) is 1.13. The number of nitrogens with one attached hydrogen (secondary N) is 1. The topological polar surface area (TPSA) is 46.2 Å². The first-order chi connectivity index (χ1) is 5.60. The monoisotopic (exact) mass is 167 g/mol. The molecular weight excluding hydrogens is 154 g/mol. The Kier molecular flexibility index (Phi) is 1.50. The molecule has 1 heterocycles. The van der Waals surface area contributed by atoms with Crippen molar-refractivity contribution in [1.82, 2.24) is 5.32 Å². The lowest BCUT2D eigenvalue weighted by Gasteiger charge is -2.47. The van der Waals surface area contributed by atoms with E-state index in [9.17, 15) is 9.59 Å². The van der Waals surface area contributed by atoms with Gasteiger partial charge in [-0.05, 0) is 24.2 Å². The first kappa shape index (κ1) is 7.77. The summed E-state index contributed by atoms with van der Waals surface area (Å²) in [7, 11) is 0. The minimum atomic E-state index is -0.0850. The van der Waals surface area contributed by atoms with E-state index in [-0.39, 0.29) is 17.2 Å². The van der Waals surface area contributed by atoms with Crippen LogP contribution in [-0.2, 0) is 9.59 Å². The highest BCUT2D eigenvalue weighted by Crippen LogP contribution is 2.51. The lowest BCUT2D eigenvalue weighted by atomic mass is 9.58. The van der Waals surface area contributed by atoms with Crippen molar-refractivity contribution in [2.45, 2.75) is 32.6 Å². The molecule has 0 aromatic carbocycles. The SMILES string of the molecule is CC1CC2(CC(=O)NC(=O)C2)C1. The lowest BCUT2D eigenvalue weighted by Crippen LogP contribution is -2.50. The van der Waals surface area contributed by atoms with E-state index in [2.05, 4.69) is 12.2 Å². The molecule has 0 atom stereocenters. The van der Waals surface area contributed by atoms with Gasteiger partial charge >= 0.3 is 0 Å². The Bertz CT molecular complexity index is 223. The van der Waals surface area contributed by atoms with Gasteiger partial charge in [-0.15, -0.1) is 0 Å². The zero-order valence-corrected chi connectivity index (χ0v) is 7.22. The summed E-state index contributed by atoms with van der Waals surface area (Å²) in [6, 6.07) is 0. The predicted octanol–water partition coefficient (Wildman–Crippen LogP) is 0.839. The van der Waals surface area contributed by atoms with Crippen LogP contribution in [0.5, 0.6) is 0 Å². The van der Waals surface area contributed by atoms with Gasteiger partial charge in [0.15, 0.2) is 0 Å². The quantitative estimate of drug-likeness (QED) is 0.543. The Morgan fingerprint density at radius 2 is 1.75 bits per heavy atom. The number of imide groups is 1. The molecule has 0 aromatic rings. The summed E-state index contributed by atoms with van der Waals surface area (Å²) in [4.78, 5) is 22.1.